The van der Waals surface area contributed by atoms with Crippen molar-refractivity contribution in [3.8, 4) is 0 Å². The number of carbonyl (C=O) groups excluding carboxylic acids is 1. The zero-order valence-corrected chi connectivity index (χ0v) is 10.3. The van der Waals surface area contributed by atoms with E-state index in [1.54, 1.807) is 14.0 Å². The zero-order chi connectivity index (χ0) is 11.6. The van der Waals surface area contributed by atoms with E-state index in [2.05, 4.69) is 13.5 Å². The van der Waals surface area contributed by atoms with E-state index in [4.69, 9.17) is 16.3 Å². The van der Waals surface area contributed by atoms with Gasteiger partial charge in [-0.05, 0) is 25.3 Å². The van der Waals surface area contributed by atoms with E-state index in [1.165, 1.54) is 0 Å². The SMILES string of the molecule is C=C(C)C1(Cl)C(=O)C(CCCC)=C1OC. The van der Waals surface area contributed by atoms with Crippen molar-refractivity contribution in [1.82, 2.24) is 0 Å². The lowest BCUT2D eigenvalue weighted by molar-refractivity contribution is -0.120. The van der Waals surface area contributed by atoms with Crippen LogP contribution in [-0.4, -0.2) is 17.8 Å². The fourth-order valence-electron chi connectivity index (χ4n) is 1.79. The summed E-state index contributed by atoms with van der Waals surface area (Å²) >= 11 is 6.20. The van der Waals surface area contributed by atoms with Crippen LogP contribution >= 0.6 is 11.6 Å². The molecule has 0 aromatic heterocycles. The molecule has 0 bridgehead atoms. The van der Waals surface area contributed by atoms with E-state index >= 15 is 0 Å². The minimum Gasteiger partial charge on any atom is -0.498 e. The maximum Gasteiger partial charge on any atom is 0.195 e. The van der Waals surface area contributed by atoms with Crippen LogP contribution in [0.2, 0.25) is 0 Å². The Hall–Kier alpha value is -0.760. The first-order valence-corrected chi connectivity index (χ1v) is 5.55. The average Bonchev–Trinajstić information content (AvgIpc) is 2.21. The van der Waals surface area contributed by atoms with Crippen molar-refractivity contribution in [2.24, 2.45) is 0 Å². The zero-order valence-electron chi connectivity index (χ0n) is 9.52. The van der Waals surface area contributed by atoms with Crippen molar-refractivity contribution in [3.05, 3.63) is 23.5 Å². The van der Waals surface area contributed by atoms with Crippen molar-refractivity contribution < 1.29 is 9.53 Å². The number of carbonyl (C=O) groups is 1. The predicted molar refractivity (Wildman–Crippen MR) is 62.0 cm³/mol. The fourth-order valence-corrected chi connectivity index (χ4v) is 2.10. The molecule has 0 radical (unpaired) electrons. The monoisotopic (exact) mass is 228 g/mol. The van der Waals surface area contributed by atoms with Crippen molar-refractivity contribution in [2.45, 2.75) is 38.0 Å². The van der Waals surface area contributed by atoms with Gasteiger partial charge in [0.25, 0.3) is 0 Å². The van der Waals surface area contributed by atoms with Gasteiger partial charge in [-0.15, -0.1) is 0 Å². The van der Waals surface area contributed by atoms with Gasteiger partial charge in [0.05, 0.1) is 7.11 Å². The van der Waals surface area contributed by atoms with Crippen LogP contribution in [0.15, 0.2) is 23.5 Å². The summed E-state index contributed by atoms with van der Waals surface area (Å²) in [6, 6.07) is 0. The molecule has 84 valence electrons. The summed E-state index contributed by atoms with van der Waals surface area (Å²) in [6.45, 7) is 7.58. The molecule has 2 nitrogen and oxygen atoms in total. The van der Waals surface area contributed by atoms with Crippen molar-refractivity contribution in [1.29, 1.82) is 0 Å². The van der Waals surface area contributed by atoms with E-state index in [-0.39, 0.29) is 5.78 Å². The molecule has 0 aromatic rings. The number of ketones is 1. The molecule has 0 heterocycles. The number of alkyl halides is 1. The molecule has 0 aliphatic heterocycles. The highest BCUT2D eigenvalue weighted by Crippen LogP contribution is 2.47. The van der Waals surface area contributed by atoms with E-state index < -0.39 is 4.87 Å². The summed E-state index contributed by atoms with van der Waals surface area (Å²) in [6.07, 6.45) is 2.79. The first-order valence-electron chi connectivity index (χ1n) is 5.17. The molecule has 0 saturated heterocycles. The number of hydrogen-bond acceptors (Lipinski definition) is 2. The normalized spacial score (nSPS) is 25.2. The summed E-state index contributed by atoms with van der Waals surface area (Å²) in [5.74, 6) is 0.553. The second kappa shape index (κ2) is 4.40. The van der Waals surface area contributed by atoms with E-state index in [1.807, 2.05) is 0 Å². The lowest BCUT2D eigenvalue weighted by Gasteiger charge is -2.38. The van der Waals surface area contributed by atoms with Gasteiger partial charge in [0, 0.05) is 5.57 Å². The Morgan fingerprint density at radius 1 is 1.60 bits per heavy atom. The third kappa shape index (κ3) is 1.71. The summed E-state index contributed by atoms with van der Waals surface area (Å²) < 4.78 is 5.21. The molecule has 0 fully saturated rings. The Kier molecular flexibility index (Phi) is 3.61. The highest BCUT2D eigenvalue weighted by Gasteiger charge is 2.54. The number of unbranched alkanes of at least 4 members (excludes halogenated alkanes) is 1. The van der Waals surface area contributed by atoms with Crippen LogP contribution in [0.4, 0.5) is 0 Å². The summed E-state index contributed by atoms with van der Waals surface area (Å²) in [5.41, 5.74) is 1.36. The average molecular weight is 229 g/mol. The predicted octanol–water partition coefficient (Wildman–Crippen LogP) is 3.21. The number of allylic oxidation sites excluding steroid dienone is 2. The molecule has 0 saturated carbocycles. The Morgan fingerprint density at radius 3 is 2.60 bits per heavy atom. The maximum absolute atomic E-state index is 11.9. The van der Waals surface area contributed by atoms with Gasteiger partial charge in [-0.1, -0.05) is 31.5 Å². The molecule has 1 rings (SSSR count). The first kappa shape index (κ1) is 12.3. The third-order valence-electron chi connectivity index (χ3n) is 2.75. The van der Waals surface area contributed by atoms with Gasteiger partial charge in [0.1, 0.15) is 5.76 Å². The van der Waals surface area contributed by atoms with E-state index in [0.717, 1.165) is 24.8 Å². The molecule has 1 aliphatic rings. The molecule has 15 heavy (non-hydrogen) atoms. The van der Waals surface area contributed by atoms with Crippen molar-refractivity contribution in [2.75, 3.05) is 7.11 Å². The number of hydrogen-bond donors (Lipinski definition) is 0. The Morgan fingerprint density at radius 2 is 2.20 bits per heavy atom. The first-order chi connectivity index (χ1) is 7.00. The molecule has 0 spiro atoms. The molecule has 1 atom stereocenters. The lowest BCUT2D eigenvalue weighted by atomic mass is 9.75. The highest BCUT2D eigenvalue weighted by molar-refractivity contribution is 6.46. The number of halogens is 1. The third-order valence-corrected chi connectivity index (χ3v) is 3.41. The molecule has 0 aromatic carbocycles. The quantitative estimate of drug-likeness (QED) is 0.534. The highest BCUT2D eigenvalue weighted by atomic mass is 35.5. The van der Waals surface area contributed by atoms with Gasteiger partial charge < -0.3 is 4.74 Å². The van der Waals surface area contributed by atoms with Crippen LogP contribution in [0.3, 0.4) is 0 Å². The van der Waals surface area contributed by atoms with Gasteiger partial charge in [0.2, 0.25) is 0 Å². The van der Waals surface area contributed by atoms with Crippen LogP contribution < -0.4 is 0 Å². The topological polar surface area (TPSA) is 26.3 Å². The molecule has 3 heteroatoms. The van der Waals surface area contributed by atoms with Gasteiger partial charge in [-0.25, -0.2) is 0 Å². The molecule has 1 unspecified atom stereocenters. The van der Waals surface area contributed by atoms with Gasteiger partial charge in [-0.3, -0.25) is 4.79 Å². The summed E-state index contributed by atoms with van der Waals surface area (Å²) in [7, 11) is 1.55. The smallest absolute Gasteiger partial charge is 0.195 e. The Labute approximate surface area is 95.9 Å². The summed E-state index contributed by atoms with van der Waals surface area (Å²) in [5, 5.41) is 0. The van der Waals surface area contributed by atoms with Crippen molar-refractivity contribution in [3.63, 3.8) is 0 Å². The second-order valence-corrected chi connectivity index (χ2v) is 4.45. The van der Waals surface area contributed by atoms with Crippen molar-refractivity contribution >= 4 is 17.4 Å². The molecule has 0 N–H and O–H groups in total. The number of Topliss-reactive ketones (excluding diaryl/α,β-unsaturated/α-hetero) is 1. The van der Waals surface area contributed by atoms with E-state index in [0.29, 0.717) is 11.3 Å². The Balaban J connectivity index is 2.96. The molecule has 0 amide bonds. The number of methoxy groups -OCH3 is 1. The minimum atomic E-state index is -1.09. The Bertz CT molecular complexity index is 331. The van der Waals surface area contributed by atoms with Crippen LogP contribution in [0.5, 0.6) is 0 Å². The molecule has 1 aliphatic carbocycles. The van der Waals surface area contributed by atoms with Crippen LogP contribution in [0, 0.1) is 0 Å². The standard InChI is InChI=1S/C12H17ClO2/c1-5-6-7-9-10(14)12(13,8(2)3)11(9)15-4/h2,5-7H2,1,3-4H3. The van der Waals surface area contributed by atoms with E-state index in [9.17, 15) is 4.79 Å². The van der Waals surface area contributed by atoms with Gasteiger partial charge in [-0.2, -0.15) is 0 Å². The van der Waals surface area contributed by atoms with Gasteiger partial charge >= 0.3 is 0 Å². The number of rotatable bonds is 5. The minimum absolute atomic E-state index is 0.0398. The van der Waals surface area contributed by atoms with Crippen LogP contribution in [-0.2, 0) is 9.53 Å². The van der Waals surface area contributed by atoms with Gasteiger partial charge in [0.15, 0.2) is 10.7 Å². The van der Waals surface area contributed by atoms with Crippen LogP contribution in [0.1, 0.15) is 33.1 Å². The number of ether oxygens (including phenoxy) is 1. The second-order valence-electron chi connectivity index (χ2n) is 3.88. The lowest BCUT2D eigenvalue weighted by Crippen LogP contribution is -2.47. The molecular weight excluding hydrogens is 212 g/mol. The van der Waals surface area contributed by atoms with Crippen LogP contribution in [0.25, 0.3) is 0 Å². The summed E-state index contributed by atoms with van der Waals surface area (Å²) in [4.78, 5) is 10.8. The molecular formula is C12H17ClO2. The largest absolute Gasteiger partial charge is 0.498 e. The maximum atomic E-state index is 11.9. The fraction of sp³-hybridized carbons (Fsp3) is 0.583.